The monoisotopic (exact) mass is 332 g/mol. The van der Waals surface area contributed by atoms with Crippen LogP contribution in [-0.2, 0) is 17.6 Å². The van der Waals surface area contributed by atoms with Crippen LogP contribution in [0.2, 0.25) is 0 Å². The molecule has 0 saturated carbocycles. The molecule has 3 heterocycles. The summed E-state index contributed by atoms with van der Waals surface area (Å²) in [7, 11) is 1.89. The molecule has 0 unspecified atom stereocenters. The van der Waals surface area contributed by atoms with Crippen LogP contribution in [-0.4, -0.2) is 48.3 Å². The fraction of sp³-hybridized carbons (Fsp3) is 0.667. The van der Waals surface area contributed by atoms with Crippen molar-refractivity contribution in [2.75, 3.05) is 26.7 Å². The highest BCUT2D eigenvalue weighted by atomic mass is 32.1. The summed E-state index contributed by atoms with van der Waals surface area (Å²) >= 11 is 1.61. The summed E-state index contributed by atoms with van der Waals surface area (Å²) in [6, 6.07) is 0. The van der Waals surface area contributed by atoms with E-state index in [2.05, 4.69) is 5.38 Å². The molecule has 2 saturated heterocycles. The van der Waals surface area contributed by atoms with Crippen molar-refractivity contribution in [2.45, 2.75) is 44.9 Å². The molecular formula is C18H24N2O2S. The van der Waals surface area contributed by atoms with E-state index in [1.165, 1.54) is 24.0 Å². The molecule has 0 radical (unpaired) electrons. The molecule has 23 heavy (non-hydrogen) atoms. The van der Waals surface area contributed by atoms with Gasteiger partial charge in [0.05, 0.1) is 10.3 Å². The molecule has 124 valence electrons. The van der Waals surface area contributed by atoms with Gasteiger partial charge in [-0.3, -0.25) is 9.59 Å². The minimum absolute atomic E-state index is 0.163. The van der Waals surface area contributed by atoms with Gasteiger partial charge in [-0.15, -0.1) is 11.3 Å². The fourth-order valence-electron chi connectivity index (χ4n) is 4.53. The molecule has 3 aliphatic rings. The Kier molecular flexibility index (Phi) is 3.71. The predicted octanol–water partition coefficient (Wildman–Crippen LogP) is 2.71. The first kappa shape index (κ1) is 15.2. The molecule has 1 aromatic heterocycles. The van der Waals surface area contributed by atoms with Crippen molar-refractivity contribution in [3.8, 4) is 0 Å². The van der Waals surface area contributed by atoms with Gasteiger partial charge in [0.1, 0.15) is 0 Å². The van der Waals surface area contributed by atoms with Gasteiger partial charge in [-0.25, -0.2) is 0 Å². The first-order valence-electron chi connectivity index (χ1n) is 8.75. The number of carbonyl (C=O) groups excluding carboxylic acids is 2. The quantitative estimate of drug-likeness (QED) is 0.793. The Morgan fingerprint density at radius 1 is 1.17 bits per heavy atom. The molecule has 1 atom stereocenters. The molecule has 2 fully saturated rings. The van der Waals surface area contributed by atoms with E-state index >= 15 is 0 Å². The van der Waals surface area contributed by atoms with E-state index in [1.807, 2.05) is 16.8 Å². The number of fused-ring (bicyclic) bond motifs is 1. The number of nitrogens with zero attached hydrogens (tertiary/aromatic N) is 2. The topological polar surface area (TPSA) is 40.6 Å². The van der Waals surface area contributed by atoms with E-state index in [0.29, 0.717) is 6.54 Å². The lowest BCUT2D eigenvalue weighted by molar-refractivity contribution is -0.143. The zero-order valence-electron chi connectivity index (χ0n) is 13.8. The second kappa shape index (κ2) is 5.62. The van der Waals surface area contributed by atoms with Gasteiger partial charge in [-0.05, 0) is 61.5 Å². The molecule has 2 amide bonds. The van der Waals surface area contributed by atoms with Crippen LogP contribution < -0.4 is 0 Å². The van der Waals surface area contributed by atoms with Crippen LogP contribution >= 0.6 is 11.3 Å². The van der Waals surface area contributed by atoms with Gasteiger partial charge in [0.25, 0.3) is 5.91 Å². The molecule has 2 aliphatic heterocycles. The van der Waals surface area contributed by atoms with Crippen molar-refractivity contribution in [3.05, 3.63) is 21.4 Å². The Morgan fingerprint density at radius 2 is 2.00 bits per heavy atom. The van der Waals surface area contributed by atoms with E-state index in [0.717, 1.165) is 50.1 Å². The number of aryl methyl sites for hydroxylation is 1. The minimum atomic E-state index is -0.306. The Hall–Kier alpha value is -1.36. The summed E-state index contributed by atoms with van der Waals surface area (Å²) in [4.78, 5) is 30.4. The van der Waals surface area contributed by atoms with Gasteiger partial charge in [0.2, 0.25) is 5.91 Å². The third-order valence-electron chi connectivity index (χ3n) is 5.89. The van der Waals surface area contributed by atoms with Crippen LogP contribution in [0.5, 0.6) is 0 Å². The van der Waals surface area contributed by atoms with Gasteiger partial charge in [-0.2, -0.15) is 0 Å². The molecule has 4 rings (SSSR count). The molecule has 0 N–H and O–H groups in total. The first-order valence-corrected chi connectivity index (χ1v) is 9.63. The number of likely N-dealkylation sites (tertiary alicyclic amines) is 2. The fourth-order valence-corrected chi connectivity index (χ4v) is 5.66. The highest BCUT2D eigenvalue weighted by Gasteiger charge is 2.48. The van der Waals surface area contributed by atoms with Crippen LogP contribution in [0.25, 0.3) is 0 Å². The van der Waals surface area contributed by atoms with Crippen LogP contribution in [0.1, 0.15) is 52.9 Å². The molecule has 1 aliphatic carbocycles. The highest BCUT2D eigenvalue weighted by Crippen LogP contribution is 2.41. The van der Waals surface area contributed by atoms with Crippen LogP contribution in [0.3, 0.4) is 0 Å². The Morgan fingerprint density at radius 3 is 2.87 bits per heavy atom. The maximum atomic E-state index is 13.0. The summed E-state index contributed by atoms with van der Waals surface area (Å²) < 4.78 is 0. The van der Waals surface area contributed by atoms with Crippen molar-refractivity contribution in [1.82, 2.24) is 9.80 Å². The third-order valence-corrected chi connectivity index (χ3v) is 6.95. The predicted molar refractivity (Wildman–Crippen MR) is 90.8 cm³/mol. The molecule has 0 bridgehead atoms. The van der Waals surface area contributed by atoms with E-state index in [1.54, 1.807) is 11.3 Å². The molecule has 1 aromatic rings. The second-order valence-corrected chi connectivity index (χ2v) is 8.24. The van der Waals surface area contributed by atoms with Gasteiger partial charge in [0, 0.05) is 26.7 Å². The summed E-state index contributed by atoms with van der Waals surface area (Å²) in [6.07, 6.45) is 7.41. The minimum Gasteiger partial charge on any atom is -0.345 e. The third kappa shape index (κ3) is 2.40. The van der Waals surface area contributed by atoms with Crippen molar-refractivity contribution in [2.24, 2.45) is 5.41 Å². The van der Waals surface area contributed by atoms with Gasteiger partial charge in [0.15, 0.2) is 0 Å². The standard InChI is InChI=1S/C18H24N2O2S/c1-19-9-4-7-18(17(19)22)8-10-20(12-18)16(21)15-14-6-3-2-5-13(14)11-23-15/h11H,2-10,12H2,1H3/t18-/m0/s1. The summed E-state index contributed by atoms with van der Waals surface area (Å²) in [5, 5.41) is 2.17. The number of amides is 2. The largest absolute Gasteiger partial charge is 0.345 e. The van der Waals surface area contributed by atoms with Crippen LogP contribution in [0, 0.1) is 5.41 Å². The summed E-state index contributed by atoms with van der Waals surface area (Å²) in [5.41, 5.74) is 2.37. The second-order valence-electron chi connectivity index (χ2n) is 7.36. The molecular weight excluding hydrogens is 308 g/mol. The van der Waals surface area contributed by atoms with Crippen LogP contribution in [0.15, 0.2) is 5.38 Å². The summed E-state index contributed by atoms with van der Waals surface area (Å²) in [6.45, 7) is 2.19. The number of hydrogen-bond acceptors (Lipinski definition) is 3. The lowest BCUT2D eigenvalue weighted by atomic mass is 9.78. The van der Waals surface area contributed by atoms with Crippen molar-refractivity contribution in [3.63, 3.8) is 0 Å². The van der Waals surface area contributed by atoms with Crippen molar-refractivity contribution < 1.29 is 9.59 Å². The van der Waals surface area contributed by atoms with Crippen molar-refractivity contribution in [1.29, 1.82) is 0 Å². The van der Waals surface area contributed by atoms with Gasteiger partial charge >= 0.3 is 0 Å². The maximum Gasteiger partial charge on any atom is 0.264 e. The number of piperidine rings is 1. The number of rotatable bonds is 1. The average Bonchev–Trinajstić information content (AvgIpc) is 3.17. The smallest absolute Gasteiger partial charge is 0.264 e. The molecule has 5 heteroatoms. The SMILES string of the molecule is CN1CCC[C@@]2(CCN(C(=O)c3scc4c3CCCC4)C2)C1=O. The zero-order chi connectivity index (χ0) is 16.0. The van der Waals surface area contributed by atoms with E-state index in [9.17, 15) is 9.59 Å². The first-order chi connectivity index (χ1) is 11.1. The lowest BCUT2D eigenvalue weighted by Gasteiger charge is -2.37. The van der Waals surface area contributed by atoms with Crippen molar-refractivity contribution >= 4 is 23.2 Å². The Labute approximate surface area is 141 Å². The number of hydrogen-bond donors (Lipinski definition) is 0. The van der Waals surface area contributed by atoms with Gasteiger partial charge in [-0.1, -0.05) is 0 Å². The molecule has 1 spiro atoms. The normalized spacial score (nSPS) is 27.6. The zero-order valence-corrected chi connectivity index (χ0v) is 14.6. The Balaban J connectivity index is 1.55. The molecule has 4 nitrogen and oxygen atoms in total. The number of thiophene rings is 1. The van der Waals surface area contributed by atoms with E-state index in [4.69, 9.17) is 0 Å². The van der Waals surface area contributed by atoms with Crippen LogP contribution in [0.4, 0.5) is 0 Å². The number of carbonyl (C=O) groups is 2. The van der Waals surface area contributed by atoms with E-state index < -0.39 is 0 Å². The highest BCUT2D eigenvalue weighted by molar-refractivity contribution is 7.12. The maximum absolute atomic E-state index is 13.0. The summed E-state index contributed by atoms with van der Waals surface area (Å²) in [5.74, 6) is 0.406. The van der Waals surface area contributed by atoms with E-state index in [-0.39, 0.29) is 17.2 Å². The lowest BCUT2D eigenvalue weighted by Crippen LogP contribution is -2.48. The molecule has 0 aromatic carbocycles. The Bertz CT molecular complexity index is 653. The average molecular weight is 332 g/mol. The van der Waals surface area contributed by atoms with Gasteiger partial charge < -0.3 is 9.80 Å².